The number of nitrogens with zero attached hydrogens (tertiary/aromatic N) is 2. The van der Waals surface area contributed by atoms with Crippen molar-refractivity contribution in [3.63, 3.8) is 0 Å². The number of hydrogen-bond acceptors (Lipinski definition) is 1. The summed E-state index contributed by atoms with van der Waals surface area (Å²) in [6.45, 7) is 7.09. The molecule has 0 amide bonds. The van der Waals surface area contributed by atoms with Crippen molar-refractivity contribution in [3.8, 4) is 0 Å². The number of hydrogen-bond donors (Lipinski definition) is 1. The van der Waals surface area contributed by atoms with Gasteiger partial charge in [0.2, 0.25) is 0 Å². The summed E-state index contributed by atoms with van der Waals surface area (Å²) < 4.78 is 3.33. The molecule has 0 saturated heterocycles. The second kappa shape index (κ2) is 4.99. The van der Waals surface area contributed by atoms with E-state index < -0.39 is 0 Å². The zero-order valence-corrected chi connectivity index (χ0v) is 12.1. The predicted octanol–water partition coefficient (Wildman–Crippen LogP) is 4.43. The Kier molecular flexibility index (Phi) is 3.34. The van der Waals surface area contributed by atoms with Crippen LogP contribution in [0.1, 0.15) is 31.7 Å². The fourth-order valence-electron chi connectivity index (χ4n) is 2.91. The smallest absolute Gasteiger partial charge is 0.188 e. The highest BCUT2D eigenvalue weighted by Crippen LogP contribution is 2.36. The van der Waals surface area contributed by atoms with E-state index in [1.165, 1.54) is 5.52 Å². The van der Waals surface area contributed by atoms with E-state index >= 15 is 0 Å². The Balaban J connectivity index is 2.03. The third-order valence-corrected chi connectivity index (χ3v) is 4.59. The van der Waals surface area contributed by atoms with Gasteiger partial charge in [-0.25, -0.2) is 4.85 Å². The highest BCUT2D eigenvalue weighted by Gasteiger charge is 2.22. The van der Waals surface area contributed by atoms with E-state index in [1.54, 1.807) is 0 Å². The second-order valence-electron chi connectivity index (χ2n) is 5.16. The van der Waals surface area contributed by atoms with E-state index in [9.17, 15) is 5.11 Å². The van der Waals surface area contributed by atoms with E-state index in [2.05, 4.69) is 31.5 Å². The van der Waals surface area contributed by atoms with Crippen LogP contribution < -0.4 is 0 Å². The van der Waals surface area contributed by atoms with Crippen LogP contribution in [0.5, 0.6) is 0 Å². The topological polar surface area (TPSA) is 29.5 Å². The molecule has 1 heterocycles. The highest BCUT2D eigenvalue weighted by molar-refractivity contribution is 9.10. The normalized spacial score (nSPS) is 23.4. The van der Waals surface area contributed by atoms with Crippen LogP contribution in [0.2, 0.25) is 0 Å². The number of benzene rings is 1. The molecule has 0 aliphatic heterocycles. The molecule has 1 aromatic carbocycles. The number of aliphatic hydroxyl groups excluding tert-OH is 1. The molecule has 98 valence electrons. The van der Waals surface area contributed by atoms with E-state index in [-0.39, 0.29) is 6.10 Å². The van der Waals surface area contributed by atoms with Gasteiger partial charge in [0, 0.05) is 27.6 Å². The molecule has 3 nitrogen and oxygen atoms in total. The lowest BCUT2D eigenvalue weighted by Crippen LogP contribution is -2.20. The first-order chi connectivity index (χ1) is 9.19. The zero-order chi connectivity index (χ0) is 13.4. The molecular formula is C15H15BrN2O. The monoisotopic (exact) mass is 318 g/mol. The van der Waals surface area contributed by atoms with Crippen LogP contribution in [0.4, 0.5) is 5.69 Å². The average Bonchev–Trinajstić information content (AvgIpc) is 2.76. The molecule has 1 aliphatic rings. The lowest BCUT2D eigenvalue weighted by Gasteiger charge is -2.27. The van der Waals surface area contributed by atoms with Crippen molar-refractivity contribution in [2.75, 3.05) is 0 Å². The summed E-state index contributed by atoms with van der Waals surface area (Å²) in [4.78, 5) is 3.48. The largest absolute Gasteiger partial charge is 0.393 e. The maximum absolute atomic E-state index is 9.61. The van der Waals surface area contributed by atoms with Crippen molar-refractivity contribution in [1.29, 1.82) is 0 Å². The third-order valence-electron chi connectivity index (χ3n) is 3.96. The van der Waals surface area contributed by atoms with Crippen LogP contribution in [0.25, 0.3) is 15.7 Å². The first kappa shape index (κ1) is 12.7. The molecule has 1 N–H and O–H groups in total. The Labute approximate surface area is 120 Å². The quantitative estimate of drug-likeness (QED) is 0.774. The molecule has 0 unspecified atom stereocenters. The molecule has 2 aromatic rings. The van der Waals surface area contributed by atoms with Gasteiger partial charge in [-0.15, -0.1) is 0 Å². The van der Waals surface area contributed by atoms with Gasteiger partial charge < -0.3 is 9.67 Å². The maximum Gasteiger partial charge on any atom is 0.188 e. The van der Waals surface area contributed by atoms with Crippen LogP contribution in [-0.2, 0) is 0 Å². The molecule has 4 heteroatoms. The molecule has 19 heavy (non-hydrogen) atoms. The van der Waals surface area contributed by atoms with Crippen LogP contribution in [0, 0.1) is 6.57 Å². The van der Waals surface area contributed by atoms with E-state index in [1.807, 2.05) is 18.2 Å². The third kappa shape index (κ3) is 2.29. The van der Waals surface area contributed by atoms with Crippen LogP contribution in [-0.4, -0.2) is 15.8 Å². The Morgan fingerprint density at radius 3 is 2.68 bits per heavy atom. The summed E-state index contributed by atoms with van der Waals surface area (Å²) in [6, 6.07) is 6.28. The van der Waals surface area contributed by atoms with Gasteiger partial charge in [-0.2, -0.15) is 0 Å². The summed E-state index contributed by atoms with van der Waals surface area (Å²) in [7, 11) is 0. The second-order valence-corrected chi connectivity index (χ2v) is 6.01. The van der Waals surface area contributed by atoms with Gasteiger partial charge in [0.25, 0.3) is 0 Å². The molecule has 0 atom stereocenters. The molecule has 1 fully saturated rings. The fraction of sp³-hybridized carbons (Fsp3) is 0.400. The van der Waals surface area contributed by atoms with Gasteiger partial charge in [-0.05, 0) is 53.7 Å². The average molecular weight is 319 g/mol. The number of aliphatic hydroxyl groups is 1. The Morgan fingerprint density at radius 2 is 2.00 bits per heavy atom. The molecule has 1 aromatic heterocycles. The van der Waals surface area contributed by atoms with E-state index in [4.69, 9.17) is 6.57 Å². The Hall–Kier alpha value is -1.31. The van der Waals surface area contributed by atoms with Gasteiger partial charge in [-0.1, -0.05) is 6.07 Å². The van der Waals surface area contributed by atoms with Gasteiger partial charge in [0.1, 0.15) is 0 Å². The summed E-state index contributed by atoms with van der Waals surface area (Å²) in [5.74, 6) is 0. The van der Waals surface area contributed by atoms with E-state index in [0.29, 0.717) is 11.7 Å². The summed E-state index contributed by atoms with van der Waals surface area (Å²) >= 11 is 3.59. The maximum atomic E-state index is 9.61. The number of rotatable bonds is 1. The molecular weight excluding hydrogens is 304 g/mol. The minimum atomic E-state index is -0.129. The van der Waals surface area contributed by atoms with Crippen LogP contribution in [0.3, 0.4) is 0 Å². The van der Waals surface area contributed by atoms with E-state index in [0.717, 1.165) is 35.5 Å². The SMILES string of the molecule is [C-]#[N+]c1ccc2c(c1)c(Br)cn2C1CCC(O)CC1. The summed E-state index contributed by atoms with van der Waals surface area (Å²) in [5, 5.41) is 10.7. The molecule has 0 spiro atoms. The number of aromatic nitrogens is 1. The minimum absolute atomic E-state index is 0.129. The lowest BCUT2D eigenvalue weighted by molar-refractivity contribution is 0.111. The lowest BCUT2D eigenvalue weighted by atomic mass is 9.93. The first-order valence-corrected chi connectivity index (χ1v) is 7.34. The zero-order valence-electron chi connectivity index (χ0n) is 10.5. The number of fused-ring (bicyclic) bond motifs is 1. The summed E-state index contributed by atoms with van der Waals surface area (Å²) in [6.07, 6.45) is 5.77. The minimum Gasteiger partial charge on any atom is -0.393 e. The van der Waals surface area contributed by atoms with Crippen molar-refractivity contribution in [1.82, 2.24) is 4.57 Å². The summed E-state index contributed by atoms with van der Waals surface area (Å²) in [5.41, 5.74) is 1.84. The van der Waals surface area contributed by atoms with Crippen molar-refractivity contribution >= 4 is 32.5 Å². The van der Waals surface area contributed by atoms with Gasteiger partial charge in [0.05, 0.1) is 12.7 Å². The molecule has 0 bridgehead atoms. The predicted molar refractivity (Wildman–Crippen MR) is 79.4 cm³/mol. The van der Waals surface area contributed by atoms with Gasteiger partial charge in [-0.3, -0.25) is 0 Å². The molecule has 3 rings (SSSR count). The molecule has 0 radical (unpaired) electrons. The fourth-order valence-corrected chi connectivity index (χ4v) is 3.45. The van der Waals surface area contributed by atoms with Crippen LogP contribution >= 0.6 is 15.9 Å². The van der Waals surface area contributed by atoms with Gasteiger partial charge in [0.15, 0.2) is 5.69 Å². The molecule has 1 aliphatic carbocycles. The Bertz CT molecular complexity index is 648. The van der Waals surface area contributed by atoms with Crippen molar-refractivity contribution in [3.05, 3.63) is 40.3 Å². The van der Waals surface area contributed by atoms with Gasteiger partial charge >= 0.3 is 0 Å². The van der Waals surface area contributed by atoms with Crippen molar-refractivity contribution in [2.45, 2.75) is 37.8 Å². The van der Waals surface area contributed by atoms with Crippen LogP contribution in [0.15, 0.2) is 28.9 Å². The number of halogens is 1. The first-order valence-electron chi connectivity index (χ1n) is 6.54. The molecule has 1 saturated carbocycles. The Morgan fingerprint density at radius 1 is 1.26 bits per heavy atom. The standard InChI is InChI=1S/C15H15BrN2O/c1-17-10-2-7-15-13(8-10)14(16)9-18(15)11-3-5-12(19)6-4-11/h2,7-9,11-12,19H,3-6H2. The van der Waals surface area contributed by atoms with Crippen molar-refractivity contribution in [2.24, 2.45) is 0 Å². The van der Waals surface area contributed by atoms with Crippen molar-refractivity contribution < 1.29 is 5.11 Å². The highest BCUT2D eigenvalue weighted by atomic mass is 79.9.